The molecule has 1 aromatic heterocycles. The number of thiocarbonyl (C=S) groups is 2. The third kappa shape index (κ3) is 19.3. The van der Waals surface area contributed by atoms with E-state index < -0.39 is 0 Å². The summed E-state index contributed by atoms with van der Waals surface area (Å²) in [5.41, 5.74) is 11.2. The van der Waals surface area contributed by atoms with Crippen molar-refractivity contribution in [3.8, 4) is 0 Å². The number of nitrogens with zero attached hydrogens (tertiary/aromatic N) is 2. The normalized spacial score (nSPS) is 10.3. The van der Waals surface area contributed by atoms with Gasteiger partial charge >= 0.3 is 0 Å². The molecule has 18 heteroatoms. The largest absolute Gasteiger partial charge is 0.473 e. The van der Waals surface area contributed by atoms with Crippen molar-refractivity contribution in [2.45, 2.75) is 34.6 Å². The Morgan fingerprint density at radius 3 is 1.21 bits per heavy atom. The van der Waals surface area contributed by atoms with Crippen LogP contribution in [0, 0.1) is 0 Å². The summed E-state index contributed by atoms with van der Waals surface area (Å²) in [5, 5.41) is 22.3. The van der Waals surface area contributed by atoms with Crippen molar-refractivity contribution in [1.82, 2.24) is 9.80 Å². The van der Waals surface area contributed by atoms with Crippen molar-refractivity contribution in [3.05, 3.63) is 120 Å². The second kappa shape index (κ2) is 27.2. The molecule has 0 bridgehead atoms. The Labute approximate surface area is 384 Å². The zero-order chi connectivity index (χ0) is 45.4. The van der Waals surface area contributed by atoms with Crippen molar-refractivity contribution in [1.29, 1.82) is 0 Å². The monoisotopic (exact) mass is 920 g/mol. The minimum atomic E-state index is -0.127. The summed E-state index contributed by atoms with van der Waals surface area (Å²) in [4.78, 5) is 39.4. The van der Waals surface area contributed by atoms with E-state index in [0.717, 1.165) is 43.2 Å². The highest BCUT2D eigenvalue weighted by atomic mass is 35.5. The number of likely N-dealkylation sites (N-methyl/N-ethyl adjacent to an activating group) is 2. The Morgan fingerprint density at radius 1 is 0.548 bits per heavy atom. The van der Waals surface area contributed by atoms with Gasteiger partial charge < -0.3 is 47.4 Å². The van der Waals surface area contributed by atoms with Gasteiger partial charge in [-0.1, -0.05) is 50.9 Å². The van der Waals surface area contributed by atoms with E-state index in [1.165, 1.54) is 6.92 Å². The molecule has 0 unspecified atom stereocenters. The third-order valence-electron chi connectivity index (χ3n) is 8.58. The van der Waals surface area contributed by atoms with Gasteiger partial charge in [-0.2, -0.15) is 0 Å². The zero-order valence-electron chi connectivity index (χ0n) is 35.3. The second-order valence-corrected chi connectivity index (χ2v) is 14.9. The lowest BCUT2D eigenvalue weighted by Crippen LogP contribution is -2.33. The number of nitrogen functional groups attached to an aromatic ring is 1. The summed E-state index contributed by atoms with van der Waals surface area (Å²) in [7, 11) is 0. The van der Waals surface area contributed by atoms with Gasteiger partial charge in [0.05, 0.1) is 47.0 Å². The number of furan rings is 1. The summed E-state index contributed by atoms with van der Waals surface area (Å²) >= 11 is 23.2. The van der Waals surface area contributed by atoms with Gasteiger partial charge in [0.25, 0.3) is 0 Å². The van der Waals surface area contributed by atoms with E-state index in [0.29, 0.717) is 61.8 Å². The van der Waals surface area contributed by atoms with Crippen LogP contribution in [0.3, 0.4) is 0 Å². The van der Waals surface area contributed by atoms with Crippen LogP contribution in [0.1, 0.15) is 34.6 Å². The summed E-state index contributed by atoms with van der Waals surface area (Å²) in [5.74, 6) is -0.333. The van der Waals surface area contributed by atoms with Crippen LogP contribution in [-0.2, 0) is 14.4 Å². The number of nitrogens with two attached hydrogens (primary N) is 1. The molecule has 5 rings (SSSR count). The van der Waals surface area contributed by atoms with E-state index in [9.17, 15) is 14.4 Å². The highest BCUT2D eigenvalue weighted by Crippen LogP contribution is 2.27. The molecule has 0 saturated carbocycles. The molecule has 4 aromatic carbocycles. The minimum Gasteiger partial charge on any atom is -0.473 e. The van der Waals surface area contributed by atoms with Gasteiger partial charge in [0.1, 0.15) is 0 Å². The molecular formula is C44H54Cl2N10O4S2. The van der Waals surface area contributed by atoms with Crippen LogP contribution in [0.25, 0.3) is 0 Å². The third-order valence-corrected chi connectivity index (χ3v) is 9.62. The number of nitrogens with one attached hydrogen (secondary N) is 7. The fraction of sp³-hybridized carbons (Fsp3) is 0.250. The first-order chi connectivity index (χ1) is 29.7. The maximum atomic E-state index is 12.2. The maximum absolute atomic E-state index is 12.2. The molecular weight excluding hydrogens is 868 g/mol. The Balaban J connectivity index is 0.000000297. The molecule has 0 aliphatic carbocycles. The fourth-order valence-electron chi connectivity index (χ4n) is 5.29. The number of hydrogen-bond donors (Lipinski definition) is 8. The number of hydrogen-bond acceptors (Lipinski definition) is 9. The van der Waals surface area contributed by atoms with Crippen LogP contribution in [-0.4, -0.2) is 77.0 Å². The Morgan fingerprint density at radius 2 is 0.887 bits per heavy atom. The van der Waals surface area contributed by atoms with E-state index >= 15 is 0 Å². The summed E-state index contributed by atoms with van der Waals surface area (Å²) in [6, 6.07) is 28.6. The van der Waals surface area contributed by atoms with Crippen molar-refractivity contribution in [3.63, 3.8) is 0 Å². The summed E-state index contributed by atoms with van der Waals surface area (Å²) < 4.78 is 4.58. The van der Waals surface area contributed by atoms with Gasteiger partial charge in [-0.3, -0.25) is 24.2 Å². The molecule has 330 valence electrons. The highest BCUT2D eigenvalue weighted by Gasteiger charge is 2.12. The molecule has 3 amide bonds. The van der Waals surface area contributed by atoms with E-state index in [1.54, 1.807) is 85.3 Å². The fourth-order valence-corrected chi connectivity index (χ4v) is 6.22. The van der Waals surface area contributed by atoms with E-state index in [1.807, 2.05) is 61.8 Å². The maximum Gasteiger partial charge on any atom is 0.238 e. The van der Waals surface area contributed by atoms with Crippen molar-refractivity contribution in [2.24, 2.45) is 0 Å². The molecule has 14 nitrogen and oxygen atoms in total. The first-order valence-corrected chi connectivity index (χ1v) is 21.3. The van der Waals surface area contributed by atoms with Crippen LogP contribution in [0.5, 0.6) is 0 Å². The topological polar surface area (TPSA) is 181 Å². The first kappa shape index (κ1) is 50.6. The number of benzene rings is 4. The molecule has 0 radical (unpaired) electrons. The smallest absolute Gasteiger partial charge is 0.238 e. The van der Waals surface area contributed by atoms with Gasteiger partial charge in [0.2, 0.25) is 17.7 Å². The van der Waals surface area contributed by atoms with E-state index in [4.69, 9.17) is 53.4 Å². The van der Waals surface area contributed by atoms with Crippen LogP contribution in [0.4, 0.5) is 45.5 Å². The van der Waals surface area contributed by atoms with Crippen LogP contribution >= 0.6 is 47.6 Å². The van der Waals surface area contributed by atoms with E-state index in [2.05, 4.69) is 41.6 Å². The van der Waals surface area contributed by atoms with Gasteiger partial charge in [0, 0.05) is 41.0 Å². The second-order valence-electron chi connectivity index (χ2n) is 13.2. The van der Waals surface area contributed by atoms with Crippen LogP contribution in [0.2, 0.25) is 10.0 Å². The molecule has 0 fully saturated rings. The number of halogens is 2. The lowest BCUT2D eigenvalue weighted by molar-refractivity contribution is -0.118. The Kier molecular flexibility index (Phi) is 22.2. The number of carbonyl (C=O) groups excluding carboxylic acids is 3. The molecule has 9 N–H and O–H groups in total. The van der Waals surface area contributed by atoms with Crippen LogP contribution in [0.15, 0.2) is 114 Å². The number of anilines is 8. The minimum absolute atomic E-state index is 0.0955. The highest BCUT2D eigenvalue weighted by molar-refractivity contribution is 7.81. The lowest BCUT2D eigenvalue weighted by atomic mass is 10.2. The molecule has 0 atom stereocenters. The molecule has 0 saturated heterocycles. The predicted octanol–water partition coefficient (Wildman–Crippen LogP) is 9.68. The quantitative estimate of drug-likeness (QED) is 0.0368. The molecule has 5 aromatic rings. The Hall–Kier alpha value is -5.75. The lowest BCUT2D eigenvalue weighted by Gasteiger charge is -2.18. The van der Waals surface area contributed by atoms with E-state index in [-0.39, 0.29) is 17.7 Å². The van der Waals surface area contributed by atoms with Crippen molar-refractivity contribution in [2.75, 3.05) is 82.2 Å². The predicted molar refractivity (Wildman–Crippen MR) is 266 cm³/mol. The average Bonchev–Trinajstić information content (AvgIpc) is 3.84. The molecule has 0 aliphatic rings. The molecule has 1 heterocycles. The molecule has 0 aliphatic heterocycles. The first-order valence-electron chi connectivity index (χ1n) is 19.7. The number of carbonyl (C=O) groups is 3. The van der Waals surface area contributed by atoms with Gasteiger partial charge in [-0.05, 0) is 148 Å². The van der Waals surface area contributed by atoms with Gasteiger partial charge in [0.15, 0.2) is 10.2 Å². The van der Waals surface area contributed by atoms with Crippen molar-refractivity contribution >= 4 is 121 Å². The number of rotatable bonds is 15. The number of amides is 3. The summed E-state index contributed by atoms with van der Waals surface area (Å²) in [6.45, 7) is 13.4. The molecule has 0 spiro atoms. The van der Waals surface area contributed by atoms with Gasteiger partial charge in [-0.25, -0.2) is 0 Å². The van der Waals surface area contributed by atoms with Crippen LogP contribution < -0.4 is 43.0 Å². The Bertz CT molecular complexity index is 2170. The summed E-state index contributed by atoms with van der Waals surface area (Å²) in [6.07, 6.45) is 3.25. The molecule has 62 heavy (non-hydrogen) atoms. The standard InChI is InChI=1S/C21H26ClN5O2S.C19H24ClN5OS.C4H4O/c1-4-27(5-2)13-20(29)26-19-11-10-17(12-18(19)22)25-21(30)24-16-8-6-15(7-9-16)23-14(3)28;1-3-25(4-2)12-18(26)24-17-10-9-15(11-16(17)20)23-19(27)22-14-7-5-13(21)6-8-14;1-2-4-5-3-1/h6-12H,4-5,13H2,1-3H3,(H,23,28)(H,26,29)(H2,24,25,30);5-11H,3-4,12,21H2,1-2H3,(H,24,26)(H2,22,23,27);1-4H. The zero-order valence-corrected chi connectivity index (χ0v) is 38.5. The van der Waals surface area contributed by atoms with Crippen molar-refractivity contribution < 1.29 is 18.8 Å². The SMILES string of the molecule is CCN(CC)CC(=O)Nc1ccc(NC(=S)Nc2ccc(N)cc2)cc1Cl.CCN(CC)CC(=O)Nc1ccc(NC(=S)Nc2ccc(NC(C)=O)cc2)cc1Cl.c1ccoc1. The van der Waals surface area contributed by atoms with Gasteiger partial charge in [-0.15, -0.1) is 0 Å². The average molecular weight is 922 g/mol.